The molecule has 0 aliphatic carbocycles. The predicted molar refractivity (Wildman–Crippen MR) is 56.9 cm³/mol. The summed E-state index contributed by atoms with van der Waals surface area (Å²) >= 11 is 0. The van der Waals surface area contributed by atoms with Gasteiger partial charge in [0.05, 0.1) is 12.5 Å². The zero-order valence-electron chi connectivity index (χ0n) is 7.94. The Morgan fingerprint density at radius 3 is 2.36 bits per heavy atom. The highest BCUT2D eigenvalue weighted by molar-refractivity contribution is 5.62. The molecule has 0 aliphatic heterocycles. The molecule has 2 N–H and O–H groups in total. The molecule has 1 aromatic heterocycles. The second-order valence-corrected chi connectivity index (χ2v) is 3.25. The third-order valence-corrected chi connectivity index (χ3v) is 2.24. The van der Waals surface area contributed by atoms with E-state index in [2.05, 4.69) is 24.3 Å². The lowest BCUT2D eigenvalue weighted by Crippen LogP contribution is -2.02. The SMILES string of the molecule is NCCc1ccc(-c2ccoc2)cc1. The number of hydrogen-bond donors (Lipinski definition) is 1. The van der Waals surface area contributed by atoms with Crippen molar-refractivity contribution < 1.29 is 4.42 Å². The lowest BCUT2D eigenvalue weighted by molar-refractivity contribution is 0.568. The van der Waals surface area contributed by atoms with Crippen molar-refractivity contribution in [3.63, 3.8) is 0 Å². The molecular weight excluding hydrogens is 174 g/mol. The first-order chi connectivity index (χ1) is 6.90. The summed E-state index contributed by atoms with van der Waals surface area (Å²) in [4.78, 5) is 0. The Bertz CT molecular complexity index is 375. The van der Waals surface area contributed by atoms with Crippen molar-refractivity contribution in [2.24, 2.45) is 5.73 Å². The third-order valence-electron chi connectivity index (χ3n) is 2.24. The zero-order chi connectivity index (χ0) is 9.80. The summed E-state index contributed by atoms with van der Waals surface area (Å²) in [7, 11) is 0. The molecule has 1 aromatic carbocycles. The molecule has 0 saturated heterocycles. The first-order valence-corrected chi connectivity index (χ1v) is 4.72. The summed E-state index contributed by atoms with van der Waals surface area (Å²) < 4.78 is 5.03. The summed E-state index contributed by atoms with van der Waals surface area (Å²) in [5.74, 6) is 0. The average molecular weight is 187 g/mol. The van der Waals surface area contributed by atoms with E-state index in [9.17, 15) is 0 Å². The molecule has 0 spiro atoms. The van der Waals surface area contributed by atoms with Crippen LogP contribution in [-0.2, 0) is 6.42 Å². The van der Waals surface area contributed by atoms with Gasteiger partial charge in [-0.2, -0.15) is 0 Å². The van der Waals surface area contributed by atoms with E-state index in [1.165, 1.54) is 11.1 Å². The molecule has 2 heteroatoms. The van der Waals surface area contributed by atoms with Gasteiger partial charge in [-0.05, 0) is 30.2 Å². The van der Waals surface area contributed by atoms with Crippen molar-refractivity contribution in [2.45, 2.75) is 6.42 Å². The smallest absolute Gasteiger partial charge is 0.0980 e. The van der Waals surface area contributed by atoms with Crippen LogP contribution in [0, 0.1) is 0 Å². The van der Waals surface area contributed by atoms with Crippen molar-refractivity contribution in [3.8, 4) is 11.1 Å². The minimum absolute atomic E-state index is 0.699. The highest BCUT2D eigenvalue weighted by Crippen LogP contribution is 2.19. The molecule has 2 nitrogen and oxygen atoms in total. The Morgan fingerprint density at radius 2 is 1.79 bits per heavy atom. The Morgan fingerprint density at radius 1 is 1.00 bits per heavy atom. The van der Waals surface area contributed by atoms with E-state index in [4.69, 9.17) is 10.2 Å². The highest BCUT2D eigenvalue weighted by Gasteiger charge is 1.98. The molecular formula is C12H13NO. The van der Waals surface area contributed by atoms with Crippen LogP contribution in [0.15, 0.2) is 47.3 Å². The minimum Gasteiger partial charge on any atom is -0.472 e. The van der Waals surface area contributed by atoms with Gasteiger partial charge in [-0.25, -0.2) is 0 Å². The molecule has 0 saturated carbocycles. The average Bonchev–Trinajstić information content (AvgIpc) is 2.72. The maximum absolute atomic E-state index is 5.48. The Hall–Kier alpha value is -1.54. The molecule has 2 aromatic rings. The van der Waals surface area contributed by atoms with Crippen LogP contribution < -0.4 is 5.73 Å². The highest BCUT2D eigenvalue weighted by atomic mass is 16.3. The van der Waals surface area contributed by atoms with Gasteiger partial charge in [0, 0.05) is 5.56 Å². The van der Waals surface area contributed by atoms with Crippen LogP contribution >= 0.6 is 0 Å². The second-order valence-electron chi connectivity index (χ2n) is 3.25. The van der Waals surface area contributed by atoms with E-state index in [0.29, 0.717) is 6.54 Å². The van der Waals surface area contributed by atoms with Gasteiger partial charge in [-0.1, -0.05) is 24.3 Å². The van der Waals surface area contributed by atoms with Crippen molar-refractivity contribution >= 4 is 0 Å². The number of furan rings is 1. The van der Waals surface area contributed by atoms with E-state index in [-0.39, 0.29) is 0 Å². The topological polar surface area (TPSA) is 39.2 Å². The Kier molecular flexibility index (Phi) is 2.65. The number of nitrogens with two attached hydrogens (primary N) is 1. The molecule has 14 heavy (non-hydrogen) atoms. The number of hydrogen-bond acceptors (Lipinski definition) is 2. The molecule has 0 unspecified atom stereocenters. The van der Waals surface area contributed by atoms with Crippen LogP contribution in [0.5, 0.6) is 0 Å². The molecule has 0 atom stereocenters. The largest absolute Gasteiger partial charge is 0.472 e. The summed E-state index contributed by atoms with van der Waals surface area (Å²) in [6.07, 6.45) is 4.37. The van der Waals surface area contributed by atoms with Crippen LogP contribution in [0.25, 0.3) is 11.1 Å². The van der Waals surface area contributed by atoms with Gasteiger partial charge < -0.3 is 10.2 Å². The van der Waals surface area contributed by atoms with Gasteiger partial charge in [0.15, 0.2) is 0 Å². The lowest BCUT2D eigenvalue weighted by Gasteiger charge is -2.00. The van der Waals surface area contributed by atoms with E-state index < -0.39 is 0 Å². The van der Waals surface area contributed by atoms with E-state index >= 15 is 0 Å². The van der Waals surface area contributed by atoms with Gasteiger partial charge in [-0.15, -0.1) is 0 Å². The van der Waals surface area contributed by atoms with Crippen LogP contribution in [0.2, 0.25) is 0 Å². The van der Waals surface area contributed by atoms with Crippen LogP contribution in [0.3, 0.4) is 0 Å². The monoisotopic (exact) mass is 187 g/mol. The van der Waals surface area contributed by atoms with Gasteiger partial charge in [0.2, 0.25) is 0 Å². The molecule has 2 rings (SSSR count). The van der Waals surface area contributed by atoms with Crippen molar-refractivity contribution in [2.75, 3.05) is 6.54 Å². The standard InChI is InChI=1S/C12H13NO/c13-7-5-10-1-3-11(4-2-10)12-6-8-14-9-12/h1-4,6,8-9H,5,7,13H2. The third kappa shape index (κ3) is 1.86. The van der Waals surface area contributed by atoms with Crippen LogP contribution in [0.1, 0.15) is 5.56 Å². The van der Waals surface area contributed by atoms with E-state index in [1.54, 1.807) is 12.5 Å². The predicted octanol–water partition coefficient (Wildman–Crippen LogP) is 2.45. The first-order valence-electron chi connectivity index (χ1n) is 4.72. The summed E-state index contributed by atoms with van der Waals surface area (Å²) in [5, 5.41) is 0. The quantitative estimate of drug-likeness (QED) is 0.801. The zero-order valence-corrected chi connectivity index (χ0v) is 7.94. The van der Waals surface area contributed by atoms with Crippen LogP contribution in [0.4, 0.5) is 0 Å². The lowest BCUT2D eigenvalue weighted by atomic mass is 10.1. The summed E-state index contributed by atoms with van der Waals surface area (Å²) in [6.45, 7) is 0.699. The second kappa shape index (κ2) is 4.11. The molecule has 0 fully saturated rings. The summed E-state index contributed by atoms with van der Waals surface area (Å²) in [5.41, 5.74) is 9.05. The molecule has 72 valence electrons. The normalized spacial score (nSPS) is 10.4. The van der Waals surface area contributed by atoms with Gasteiger partial charge in [-0.3, -0.25) is 0 Å². The van der Waals surface area contributed by atoms with E-state index in [0.717, 1.165) is 12.0 Å². The Balaban J connectivity index is 2.22. The molecule has 0 amide bonds. The molecule has 1 heterocycles. The molecule has 0 radical (unpaired) electrons. The fourth-order valence-electron chi connectivity index (χ4n) is 1.46. The van der Waals surface area contributed by atoms with E-state index in [1.807, 2.05) is 6.07 Å². The van der Waals surface area contributed by atoms with Crippen molar-refractivity contribution in [1.29, 1.82) is 0 Å². The van der Waals surface area contributed by atoms with Gasteiger partial charge >= 0.3 is 0 Å². The Labute approximate surface area is 83.4 Å². The van der Waals surface area contributed by atoms with Gasteiger partial charge in [0.25, 0.3) is 0 Å². The molecule has 0 bridgehead atoms. The number of rotatable bonds is 3. The van der Waals surface area contributed by atoms with Crippen molar-refractivity contribution in [1.82, 2.24) is 0 Å². The first kappa shape index (κ1) is 9.03. The maximum atomic E-state index is 5.48. The van der Waals surface area contributed by atoms with Crippen LogP contribution in [-0.4, -0.2) is 6.54 Å². The van der Waals surface area contributed by atoms with Gasteiger partial charge in [0.1, 0.15) is 0 Å². The van der Waals surface area contributed by atoms with Crippen molar-refractivity contribution in [3.05, 3.63) is 48.4 Å². The minimum atomic E-state index is 0.699. The fraction of sp³-hybridized carbons (Fsp3) is 0.167. The molecule has 0 aliphatic rings. The number of benzene rings is 1. The fourth-order valence-corrected chi connectivity index (χ4v) is 1.46. The summed E-state index contributed by atoms with van der Waals surface area (Å²) in [6, 6.07) is 10.4. The maximum Gasteiger partial charge on any atom is 0.0980 e.